The van der Waals surface area contributed by atoms with Crippen LogP contribution in [0.3, 0.4) is 0 Å². The van der Waals surface area contributed by atoms with Gasteiger partial charge in [0.15, 0.2) is 9.84 Å². The van der Waals surface area contributed by atoms with Crippen LogP contribution in [0.25, 0.3) is 0 Å². The molecule has 1 aliphatic rings. The minimum atomic E-state index is -3.43. The second kappa shape index (κ2) is 23.5. The Morgan fingerprint density at radius 2 is 1.55 bits per heavy atom. The van der Waals surface area contributed by atoms with Gasteiger partial charge in [-0.25, -0.2) is 17.2 Å². The van der Waals surface area contributed by atoms with Gasteiger partial charge in [-0.05, 0) is 61.2 Å². The number of alkyl halides is 1. The summed E-state index contributed by atoms with van der Waals surface area (Å²) in [6, 6.07) is 10.9. The van der Waals surface area contributed by atoms with Crippen LogP contribution in [0.2, 0.25) is 0 Å². The standard InChI is InChI=1S/C11H14ClFO2S.C9H11FN2O2S.CH2O3.CH4.2K.H/c12-7-1-2-8-16(14,15)9-10-3-5-11(13)6-4-10;10-8-2-4-9(5-3-8)12-7-1-6-11-15(12,13)14;2-1-4-3;;;;/h3-6H,1-2,7-9H2;2-5,11H,1,6-7H2;1,3H;1H4;;;/q;;;;2*+1;-1/p-1. The number of hydrogen-bond donors (Lipinski definition) is 1. The zero-order chi connectivity index (χ0) is 26.3. The second-order valence-electron chi connectivity index (χ2n) is 7.11. The Morgan fingerprint density at radius 1 is 1.05 bits per heavy atom. The normalized spacial score (nSPS) is 13.4. The predicted molar refractivity (Wildman–Crippen MR) is 134 cm³/mol. The maximum atomic E-state index is 12.7. The molecule has 206 valence electrons. The molecular weight excluding hydrogens is 620 g/mol. The molecule has 2 aromatic carbocycles. The summed E-state index contributed by atoms with van der Waals surface area (Å²) < 4.78 is 75.4. The molecule has 3 rings (SSSR count). The quantitative estimate of drug-likeness (QED) is 0.0796. The number of nitrogens with one attached hydrogen (secondary N) is 1. The third-order valence-electron chi connectivity index (χ3n) is 4.41. The van der Waals surface area contributed by atoms with E-state index in [0.717, 1.165) is 6.42 Å². The fourth-order valence-electron chi connectivity index (χ4n) is 2.82. The molecule has 1 fully saturated rings. The van der Waals surface area contributed by atoms with Gasteiger partial charge in [-0.1, -0.05) is 19.6 Å². The van der Waals surface area contributed by atoms with Crippen LogP contribution in [0.15, 0.2) is 48.5 Å². The number of nitrogens with zero attached hydrogens (tertiary/aromatic N) is 1. The van der Waals surface area contributed by atoms with Crippen molar-refractivity contribution in [1.82, 2.24) is 4.72 Å². The molecule has 0 bridgehead atoms. The van der Waals surface area contributed by atoms with Gasteiger partial charge in [0.2, 0.25) is 0 Å². The van der Waals surface area contributed by atoms with E-state index < -0.39 is 20.0 Å². The van der Waals surface area contributed by atoms with Gasteiger partial charge < -0.3 is 11.6 Å². The average molecular weight is 651 g/mol. The molecule has 0 unspecified atom stereocenters. The largest absolute Gasteiger partial charge is 1.00 e. The van der Waals surface area contributed by atoms with Crippen molar-refractivity contribution in [2.45, 2.75) is 32.4 Å². The number of halogens is 3. The van der Waals surface area contributed by atoms with Crippen molar-refractivity contribution in [2.24, 2.45) is 0 Å². The van der Waals surface area contributed by atoms with Gasteiger partial charge in [0, 0.05) is 19.0 Å². The number of unbranched alkanes of at least 4 members (excludes halogenated alkanes) is 1. The van der Waals surface area contributed by atoms with Gasteiger partial charge in [0.05, 0.1) is 17.2 Å². The molecule has 2 aromatic rings. The summed E-state index contributed by atoms with van der Waals surface area (Å²) in [4.78, 5) is 11.2. The SMILES string of the molecule is C.O=CO[O-].O=S(=O)(CCCCCl)Cc1ccc(F)cc1.O=S1(=O)NCCCN1c1ccc(F)cc1.[H-].[K+].[K+]. The van der Waals surface area contributed by atoms with Crippen LogP contribution in [0, 0.1) is 11.6 Å². The number of carbonyl (C=O) groups excluding carboxylic acids is 1. The summed E-state index contributed by atoms with van der Waals surface area (Å²) in [6.45, 7) is 0.709. The van der Waals surface area contributed by atoms with E-state index in [1.165, 1.54) is 52.8 Å². The third kappa shape index (κ3) is 18.4. The molecule has 16 heteroatoms. The van der Waals surface area contributed by atoms with Gasteiger partial charge in [-0.3, -0.25) is 9.10 Å². The van der Waals surface area contributed by atoms with Crippen molar-refractivity contribution >= 4 is 43.8 Å². The zero-order valence-corrected chi connectivity index (χ0v) is 29.2. The second-order valence-corrected chi connectivity index (χ2v) is 11.4. The fraction of sp³-hybridized carbons (Fsp3) is 0.409. The molecule has 38 heavy (non-hydrogen) atoms. The van der Waals surface area contributed by atoms with Gasteiger partial charge in [-0.15, -0.1) is 11.6 Å². The van der Waals surface area contributed by atoms with Crippen molar-refractivity contribution < 1.29 is 145 Å². The first-order valence-corrected chi connectivity index (χ1v) is 14.1. The molecule has 0 atom stereocenters. The van der Waals surface area contributed by atoms with Crippen LogP contribution >= 0.6 is 11.6 Å². The molecule has 0 amide bonds. The summed E-state index contributed by atoms with van der Waals surface area (Å²) in [6.07, 6.45) is 2.02. The van der Waals surface area contributed by atoms with E-state index >= 15 is 0 Å². The minimum Gasteiger partial charge on any atom is -1.00 e. The fourth-order valence-corrected chi connectivity index (χ4v) is 5.82. The first kappa shape index (κ1) is 43.4. The van der Waals surface area contributed by atoms with Gasteiger partial charge in [0.1, 0.15) is 11.6 Å². The molecule has 0 radical (unpaired) electrons. The number of rotatable bonds is 8. The topological polar surface area (TPSA) is 133 Å². The number of benzene rings is 2. The maximum Gasteiger partial charge on any atom is 1.00 e. The first-order chi connectivity index (χ1) is 16.5. The monoisotopic (exact) mass is 650 g/mol. The van der Waals surface area contributed by atoms with E-state index in [0.29, 0.717) is 43.1 Å². The third-order valence-corrected chi connectivity index (χ3v) is 7.90. The Bertz CT molecular complexity index is 1120. The van der Waals surface area contributed by atoms with Crippen LogP contribution in [0.4, 0.5) is 14.5 Å². The molecule has 0 saturated carbocycles. The maximum absolute atomic E-state index is 12.7. The Morgan fingerprint density at radius 3 is 2.00 bits per heavy atom. The van der Waals surface area contributed by atoms with E-state index in [1.54, 1.807) is 0 Å². The first-order valence-electron chi connectivity index (χ1n) is 10.3. The van der Waals surface area contributed by atoms with Crippen molar-refractivity contribution in [1.29, 1.82) is 0 Å². The summed E-state index contributed by atoms with van der Waals surface area (Å²) in [5.74, 6) is -0.150. The van der Waals surface area contributed by atoms with Crippen LogP contribution < -0.4 is 117 Å². The van der Waals surface area contributed by atoms with Crippen molar-refractivity contribution in [3.8, 4) is 0 Å². The van der Waals surface area contributed by atoms with Crippen LogP contribution in [-0.2, 0) is 35.5 Å². The summed E-state index contributed by atoms with van der Waals surface area (Å²) >= 11 is 5.47. The molecular formula is C22H31ClF2K2N2O7S2. The van der Waals surface area contributed by atoms with Crippen molar-refractivity contribution in [3.63, 3.8) is 0 Å². The molecule has 1 aliphatic heterocycles. The van der Waals surface area contributed by atoms with Gasteiger partial charge in [0.25, 0.3) is 6.47 Å². The van der Waals surface area contributed by atoms with E-state index in [1.807, 2.05) is 0 Å². The predicted octanol–water partition coefficient (Wildman–Crippen LogP) is -3.18. The number of carbonyl (C=O) groups is 1. The van der Waals surface area contributed by atoms with E-state index in [9.17, 15) is 25.6 Å². The van der Waals surface area contributed by atoms with Crippen LogP contribution in [0.5, 0.6) is 0 Å². The zero-order valence-electron chi connectivity index (χ0n) is 21.6. The Balaban J connectivity index is -0.000000253. The molecule has 0 aromatic heterocycles. The Hall–Kier alpha value is 0.953. The number of hydrogen-bond acceptors (Lipinski definition) is 7. The smallest absolute Gasteiger partial charge is 1.00 e. The molecule has 1 saturated heterocycles. The average Bonchev–Trinajstić information content (AvgIpc) is 2.82. The van der Waals surface area contributed by atoms with E-state index in [-0.39, 0.29) is 141 Å². The molecule has 0 spiro atoms. The van der Waals surface area contributed by atoms with E-state index in [2.05, 4.69) is 9.61 Å². The van der Waals surface area contributed by atoms with E-state index in [4.69, 9.17) is 21.7 Å². The van der Waals surface area contributed by atoms with Gasteiger partial charge >= 0.3 is 113 Å². The molecule has 9 nitrogen and oxygen atoms in total. The number of anilines is 1. The van der Waals surface area contributed by atoms with Gasteiger partial charge in [-0.2, -0.15) is 13.1 Å². The molecule has 0 aliphatic carbocycles. The molecule has 1 heterocycles. The summed E-state index contributed by atoms with van der Waals surface area (Å²) in [5, 5.41) is 8.43. The minimum absolute atomic E-state index is 0. The summed E-state index contributed by atoms with van der Waals surface area (Å²) in [5.41, 5.74) is 1.11. The molecule has 1 N–H and O–H groups in total. The van der Waals surface area contributed by atoms with Crippen molar-refractivity contribution in [2.75, 3.05) is 29.0 Å². The summed E-state index contributed by atoms with van der Waals surface area (Å²) in [7, 11) is -6.53. The number of sulfone groups is 1. The Kier molecular flexibility index (Phi) is 26.9. The van der Waals surface area contributed by atoms with Crippen molar-refractivity contribution in [3.05, 3.63) is 65.7 Å². The van der Waals surface area contributed by atoms with Crippen LogP contribution in [-0.4, -0.2) is 48.0 Å². The Labute approximate surface area is 315 Å². The van der Waals surface area contributed by atoms with Crippen LogP contribution in [0.1, 0.15) is 33.7 Å².